The van der Waals surface area contributed by atoms with Gasteiger partial charge < -0.3 is 10.1 Å². The summed E-state index contributed by atoms with van der Waals surface area (Å²) in [6.45, 7) is 2.75. The highest BCUT2D eigenvalue weighted by Gasteiger charge is 2.06. The van der Waals surface area contributed by atoms with Gasteiger partial charge in [0.1, 0.15) is 5.75 Å². The molecule has 0 unspecified atom stereocenters. The van der Waals surface area contributed by atoms with E-state index in [1.54, 1.807) is 12.4 Å². The zero-order valence-electron chi connectivity index (χ0n) is 15.3. The maximum Gasteiger partial charge on any atom is 0.255 e. The van der Waals surface area contributed by atoms with E-state index in [0.717, 1.165) is 29.0 Å². The van der Waals surface area contributed by atoms with Crippen molar-refractivity contribution in [2.24, 2.45) is 0 Å². The van der Waals surface area contributed by atoms with Crippen molar-refractivity contribution in [2.75, 3.05) is 11.9 Å². The van der Waals surface area contributed by atoms with Crippen LogP contribution in [0.5, 0.6) is 5.75 Å². The maximum atomic E-state index is 12.4. The minimum Gasteiger partial charge on any atom is -0.494 e. The summed E-state index contributed by atoms with van der Waals surface area (Å²) in [5.74, 6) is 0.669. The second-order valence-electron chi connectivity index (χ2n) is 6.06. The second kappa shape index (κ2) is 9.34. The van der Waals surface area contributed by atoms with Gasteiger partial charge in [0, 0.05) is 23.6 Å². The summed E-state index contributed by atoms with van der Waals surface area (Å²) in [7, 11) is 0. The normalized spacial score (nSPS) is 10.7. The van der Waals surface area contributed by atoms with E-state index in [0.29, 0.717) is 12.2 Å². The monoisotopic (exact) mass is 358 g/mol. The number of rotatable bonds is 7. The molecule has 0 aliphatic heterocycles. The summed E-state index contributed by atoms with van der Waals surface area (Å²) in [6, 6.07) is 18.8. The van der Waals surface area contributed by atoms with Gasteiger partial charge in [-0.1, -0.05) is 31.2 Å². The third-order valence-electron chi connectivity index (χ3n) is 3.93. The first-order valence-electron chi connectivity index (χ1n) is 8.97. The summed E-state index contributed by atoms with van der Waals surface area (Å²) in [5, 5.41) is 2.90. The molecule has 1 N–H and O–H groups in total. The molecular weight excluding hydrogens is 336 g/mol. The Kier molecular flexibility index (Phi) is 6.36. The summed E-state index contributed by atoms with van der Waals surface area (Å²) < 4.78 is 5.55. The van der Waals surface area contributed by atoms with E-state index >= 15 is 0 Å². The van der Waals surface area contributed by atoms with Gasteiger partial charge in [-0.2, -0.15) is 0 Å². The average molecular weight is 358 g/mol. The molecular formula is C23H22N2O2. The lowest BCUT2D eigenvalue weighted by atomic mass is 10.1. The third kappa shape index (κ3) is 5.54. The van der Waals surface area contributed by atoms with Crippen LogP contribution in [0.15, 0.2) is 73.1 Å². The Bertz CT molecular complexity index is 886. The van der Waals surface area contributed by atoms with Gasteiger partial charge in [-0.25, -0.2) is 0 Å². The molecule has 3 aromatic rings. The average Bonchev–Trinajstić information content (AvgIpc) is 2.73. The Morgan fingerprint density at radius 1 is 0.926 bits per heavy atom. The summed E-state index contributed by atoms with van der Waals surface area (Å²) in [5.41, 5.74) is 3.46. The van der Waals surface area contributed by atoms with E-state index in [2.05, 4.69) is 17.2 Å². The van der Waals surface area contributed by atoms with Crippen molar-refractivity contribution in [3.63, 3.8) is 0 Å². The summed E-state index contributed by atoms with van der Waals surface area (Å²) in [6.07, 6.45) is 8.50. The van der Waals surface area contributed by atoms with Crippen molar-refractivity contribution in [2.45, 2.75) is 13.3 Å². The van der Waals surface area contributed by atoms with Crippen molar-refractivity contribution >= 4 is 23.7 Å². The highest BCUT2D eigenvalue weighted by Crippen LogP contribution is 2.17. The third-order valence-corrected chi connectivity index (χ3v) is 3.93. The first kappa shape index (κ1) is 18.4. The molecule has 27 heavy (non-hydrogen) atoms. The molecule has 4 nitrogen and oxygen atoms in total. The zero-order valence-corrected chi connectivity index (χ0v) is 15.3. The number of hydrogen-bond acceptors (Lipinski definition) is 3. The Labute approximate surface area is 159 Å². The van der Waals surface area contributed by atoms with Gasteiger partial charge >= 0.3 is 0 Å². The van der Waals surface area contributed by atoms with Crippen LogP contribution < -0.4 is 10.1 Å². The van der Waals surface area contributed by atoms with Gasteiger partial charge in [0.25, 0.3) is 5.91 Å². The van der Waals surface area contributed by atoms with Crippen molar-refractivity contribution in [3.05, 3.63) is 89.7 Å². The zero-order chi connectivity index (χ0) is 18.9. The van der Waals surface area contributed by atoms with Crippen molar-refractivity contribution in [1.82, 2.24) is 4.98 Å². The highest BCUT2D eigenvalue weighted by molar-refractivity contribution is 6.04. The molecule has 3 rings (SSSR count). The number of aromatic nitrogens is 1. The van der Waals surface area contributed by atoms with E-state index in [9.17, 15) is 4.79 Å². The van der Waals surface area contributed by atoms with Crippen LogP contribution in [0.1, 0.15) is 34.8 Å². The van der Waals surface area contributed by atoms with Crippen LogP contribution in [-0.4, -0.2) is 17.5 Å². The molecule has 1 heterocycles. The van der Waals surface area contributed by atoms with Crippen molar-refractivity contribution in [1.29, 1.82) is 0 Å². The summed E-state index contributed by atoms with van der Waals surface area (Å²) in [4.78, 5) is 16.4. The number of benzene rings is 2. The molecule has 0 aliphatic carbocycles. The number of amides is 1. The fourth-order valence-corrected chi connectivity index (χ4v) is 2.47. The highest BCUT2D eigenvalue weighted by atomic mass is 16.5. The van der Waals surface area contributed by atoms with Crippen LogP contribution in [0.2, 0.25) is 0 Å². The number of carbonyl (C=O) groups is 1. The first-order chi connectivity index (χ1) is 13.2. The number of carbonyl (C=O) groups excluding carboxylic acids is 1. The van der Waals surface area contributed by atoms with Crippen LogP contribution in [0.3, 0.4) is 0 Å². The molecule has 0 bridgehead atoms. The van der Waals surface area contributed by atoms with E-state index in [-0.39, 0.29) is 5.91 Å². The number of nitrogens with one attached hydrogen (secondary N) is 1. The maximum absolute atomic E-state index is 12.4. The Hall–Kier alpha value is -3.40. The van der Waals surface area contributed by atoms with Crippen LogP contribution in [-0.2, 0) is 0 Å². The Morgan fingerprint density at radius 2 is 1.56 bits per heavy atom. The van der Waals surface area contributed by atoms with Gasteiger partial charge in [-0.3, -0.25) is 9.78 Å². The van der Waals surface area contributed by atoms with E-state index in [1.165, 1.54) is 0 Å². The van der Waals surface area contributed by atoms with E-state index < -0.39 is 0 Å². The molecule has 0 aliphatic rings. The fraction of sp³-hybridized carbons (Fsp3) is 0.130. The molecule has 1 aromatic heterocycles. The molecule has 0 spiro atoms. The van der Waals surface area contributed by atoms with Gasteiger partial charge in [0.15, 0.2) is 0 Å². The lowest BCUT2D eigenvalue weighted by molar-refractivity contribution is 0.102. The van der Waals surface area contributed by atoms with Gasteiger partial charge in [0.2, 0.25) is 0 Å². The predicted octanol–water partition coefficient (Wildman–Crippen LogP) is 5.29. The van der Waals surface area contributed by atoms with Gasteiger partial charge in [-0.15, -0.1) is 0 Å². The minimum absolute atomic E-state index is 0.137. The minimum atomic E-state index is -0.137. The SMILES string of the molecule is CCCOc1ccc(NC(=O)c2ccc(/C=C/c3ccncc3)cc2)cc1. The molecule has 0 fully saturated rings. The number of ether oxygens (including phenoxy) is 1. The van der Waals surface area contributed by atoms with Crippen LogP contribution in [0.25, 0.3) is 12.2 Å². The number of hydrogen-bond donors (Lipinski definition) is 1. The Morgan fingerprint density at radius 3 is 2.19 bits per heavy atom. The van der Waals surface area contributed by atoms with E-state index in [4.69, 9.17) is 4.74 Å². The van der Waals surface area contributed by atoms with Crippen molar-refractivity contribution < 1.29 is 9.53 Å². The summed E-state index contributed by atoms with van der Waals surface area (Å²) >= 11 is 0. The van der Waals surface area contributed by atoms with E-state index in [1.807, 2.05) is 72.8 Å². The molecule has 1 amide bonds. The molecule has 136 valence electrons. The van der Waals surface area contributed by atoms with Gasteiger partial charge in [-0.05, 0) is 66.1 Å². The fourth-order valence-electron chi connectivity index (χ4n) is 2.47. The van der Waals surface area contributed by atoms with Crippen LogP contribution in [0.4, 0.5) is 5.69 Å². The molecule has 0 saturated carbocycles. The standard InChI is InChI=1S/C23H22N2O2/c1-2-17-27-22-11-9-21(10-12-22)25-23(26)20-7-5-18(6-8-20)3-4-19-13-15-24-16-14-19/h3-16H,2,17H2,1H3,(H,25,26)/b4-3+. The molecule has 0 saturated heterocycles. The molecule has 4 heteroatoms. The predicted molar refractivity (Wildman–Crippen MR) is 110 cm³/mol. The van der Waals surface area contributed by atoms with Crippen molar-refractivity contribution in [3.8, 4) is 5.75 Å². The smallest absolute Gasteiger partial charge is 0.255 e. The lowest BCUT2D eigenvalue weighted by Gasteiger charge is -2.08. The second-order valence-corrected chi connectivity index (χ2v) is 6.06. The first-order valence-corrected chi connectivity index (χ1v) is 8.97. The Balaban J connectivity index is 1.59. The number of anilines is 1. The molecule has 2 aromatic carbocycles. The van der Waals surface area contributed by atoms with Crippen LogP contribution in [0, 0.1) is 0 Å². The number of nitrogens with zero attached hydrogens (tertiary/aromatic N) is 1. The quantitative estimate of drug-likeness (QED) is 0.624. The molecule has 0 atom stereocenters. The number of pyridine rings is 1. The topological polar surface area (TPSA) is 51.2 Å². The van der Waals surface area contributed by atoms with Gasteiger partial charge in [0.05, 0.1) is 6.61 Å². The largest absolute Gasteiger partial charge is 0.494 e. The lowest BCUT2D eigenvalue weighted by Crippen LogP contribution is -2.11. The van der Waals surface area contributed by atoms with Crippen LogP contribution >= 0.6 is 0 Å². The molecule has 0 radical (unpaired) electrons.